The van der Waals surface area contributed by atoms with Gasteiger partial charge in [0.15, 0.2) is 10.7 Å². The summed E-state index contributed by atoms with van der Waals surface area (Å²) in [5.74, 6) is -2.16. The highest BCUT2D eigenvalue weighted by Crippen LogP contribution is 2.53. The third kappa shape index (κ3) is 3.82. The number of hydrogen-bond donors (Lipinski definition) is 2. The van der Waals surface area contributed by atoms with Gasteiger partial charge in [-0.25, -0.2) is 9.78 Å². The van der Waals surface area contributed by atoms with Crippen LogP contribution in [0.3, 0.4) is 0 Å². The lowest BCUT2D eigenvalue weighted by Crippen LogP contribution is -2.54. The third-order valence-corrected chi connectivity index (χ3v) is 5.74. The van der Waals surface area contributed by atoms with Gasteiger partial charge in [-0.05, 0) is 0 Å². The fourth-order valence-electron chi connectivity index (χ4n) is 2.31. The van der Waals surface area contributed by atoms with Gasteiger partial charge in [0.1, 0.15) is 0 Å². The SMILES string of the molecule is COC(=O)c1nc(C(N)=O)sc1-c1ccc(C(O)(C(F)(F)F)C(F)(F)F)c(Cl)c1Cl. The van der Waals surface area contributed by atoms with Crippen molar-refractivity contribution in [3.8, 4) is 10.4 Å². The minimum Gasteiger partial charge on any atom is -0.464 e. The molecule has 2 aromatic rings. The molecule has 0 aliphatic heterocycles. The summed E-state index contributed by atoms with van der Waals surface area (Å²) in [5, 5.41) is 6.98. The molecule has 30 heavy (non-hydrogen) atoms. The molecule has 6 nitrogen and oxygen atoms in total. The Kier molecular flexibility index (Phi) is 6.34. The molecule has 1 aromatic carbocycles. The summed E-state index contributed by atoms with van der Waals surface area (Å²) in [4.78, 5) is 26.6. The summed E-state index contributed by atoms with van der Waals surface area (Å²) < 4.78 is 83.3. The highest BCUT2D eigenvalue weighted by atomic mass is 35.5. The molecule has 0 aliphatic carbocycles. The van der Waals surface area contributed by atoms with Crippen molar-refractivity contribution in [1.29, 1.82) is 0 Å². The van der Waals surface area contributed by atoms with Crippen molar-refractivity contribution in [2.75, 3.05) is 7.11 Å². The first-order chi connectivity index (χ1) is 13.6. The lowest BCUT2D eigenvalue weighted by Gasteiger charge is -2.33. The molecule has 0 saturated heterocycles. The summed E-state index contributed by atoms with van der Waals surface area (Å²) in [7, 11) is 0.958. The number of amides is 1. The van der Waals surface area contributed by atoms with Gasteiger partial charge in [0.25, 0.3) is 11.5 Å². The summed E-state index contributed by atoms with van der Waals surface area (Å²) in [5.41, 5.74) is -2.90. The van der Waals surface area contributed by atoms with Crippen LogP contribution in [0.2, 0.25) is 10.0 Å². The van der Waals surface area contributed by atoms with Crippen molar-refractivity contribution in [3.05, 3.63) is 38.4 Å². The van der Waals surface area contributed by atoms with E-state index in [-0.39, 0.29) is 16.5 Å². The number of methoxy groups -OCH3 is 1. The molecule has 0 unspecified atom stereocenters. The zero-order chi connectivity index (χ0) is 23.2. The lowest BCUT2D eigenvalue weighted by atomic mass is 9.91. The Hall–Kier alpha value is -2.09. The molecule has 3 N–H and O–H groups in total. The number of primary amides is 1. The van der Waals surface area contributed by atoms with Crippen LogP contribution in [-0.2, 0) is 10.3 Å². The van der Waals surface area contributed by atoms with Crippen LogP contribution in [0.25, 0.3) is 10.4 Å². The van der Waals surface area contributed by atoms with Crippen LogP contribution in [0.1, 0.15) is 25.9 Å². The maximum atomic E-state index is 13.1. The van der Waals surface area contributed by atoms with Gasteiger partial charge in [0.05, 0.1) is 22.0 Å². The number of alkyl halides is 6. The quantitative estimate of drug-likeness (QED) is 0.484. The van der Waals surface area contributed by atoms with Crippen LogP contribution in [-0.4, -0.2) is 41.4 Å². The number of esters is 1. The van der Waals surface area contributed by atoms with E-state index in [1.54, 1.807) is 0 Å². The minimum atomic E-state index is -6.19. The first-order valence-corrected chi connectivity index (χ1v) is 8.88. The fraction of sp³-hybridized carbons (Fsp3) is 0.267. The van der Waals surface area contributed by atoms with Crippen molar-refractivity contribution in [3.63, 3.8) is 0 Å². The van der Waals surface area contributed by atoms with E-state index < -0.39 is 56.1 Å². The van der Waals surface area contributed by atoms with E-state index in [1.807, 2.05) is 0 Å². The number of rotatable bonds is 4. The number of hydrogen-bond acceptors (Lipinski definition) is 6. The number of carbonyl (C=O) groups is 2. The highest BCUT2D eigenvalue weighted by Gasteiger charge is 2.72. The molecule has 15 heteroatoms. The second-order valence-electron chi connectivity index (χ2n) is 5.55. The summed E-state index contributed by atoms with van der Waals surface area (Å²) in [6, 6.07) is 0.895. The molecule has 1 amide bonds. The molecule has 0 spiro atoms. The number of benzene rings is 1. The molecule has 0 saturated carbocycles. The zero-order valence-electron chi connectivity index (χ0n) is 14.3. The number of nitrogens with zero attached hydrogens (tertiary/aromatic N) is 1. The summed E-state index contributed by atoms with van der Waals surface area (Å²) in [6.45, 7) is 0. The fourth-order valence-corrected chi connectivity index (χ4v) is 3.87. The van der Waals surface area contributed by atoms with Crippen molar-refractivity contribution in [1.82, 2.24) is 4.98 Å². The van der Waals surface area contributed by atoms with Gasteiger partial charge in [-0.15, -0.1) is 11.3 Å². The first-order valence-electron chi connectivity index (χ1n) is 7.31. The highest BCUT2D eigenvalue weighted by molar-refractivity contribution is 7.17. The Balaban J connectivity index is 2.80. The molecule has 0 bridgehead atoms. The molecule has 0 atom stereocenters. The molecule has 0 radical (unpaired) electrons. The molecule has 2 rings (SSSR count). The van der Waals surface area contributed by atoms with Crippen LogP contribution in [0.5, 0.6) is 0 Å². The summed E-state index contributed by atoms with van der Waals surface area (Å²) >= 11 is 12.0. The molecular formula is C15H8Cl2F6N2O4S. The Labute approximate surface area is 177 Å². The Morgan fingerprint density at radius 1 is 1.10 bits per heavy atom. The van der Waals surface area contributed by atoms with Crippen molar-refractivity contribution >= 4 is 46.4 Å². The number of ether oxygens (including phenoxy) is 1. The van der Waals surface area contributed by atoms with E-state index in [9.17, 15) is 41.0 Å². The third-order valence-electron chi connectivity index (χ3n) is 3.75. The number of aliphatic hydroxyl groups is 1. The Bertz CT molecular complexity index is 1010. The topological polar surface area (TPSA) is 103 Å². The average Bonchev–Trinajstić information content (AvgIpc) is 3.06. The maximum absolute atomic E-state index is 13.1. The van der Waals surface area contributed by atoms with E-state index in [2.05, 4.69) is 9.72 Å². The Morgan fingerprint density at radius 2 is 1.63 bits per heavy atom. The minimum absolute atomic E-state index is 0.245. The largest absolute Gasteiger partial charge is 0.464 e. The second kappa shape index (κ2) is 7.87. The van der Waals surface area contributed by atoms with Crippen LogP contribution in [0.4, 0.5) is 26.3 Å². The number of aromatic nitrogens is 1. The normalized spacial score (nSPS) is 12.7. The van der Waals surface area contributed by atoms with Crippen LogP contribution < -0.4 is 5.73 Å². The molecule has 0 aliphatic rings. The predicted octanol–water partition coefficient (Wildman–Crippen LogP) is 4.31. The number of carbonyl (C=O) groups excluding carboxylic acids is 2. The van der Waals surface area contributed by atoms with Gasteiger partial charge >= 0.3 is 18.3 Å². The number of nitrogens with two attached hydrogens (primary N) is 1. The number of halogens is 8. The van der Waals surface area contributed by atoms with Crippen molar-refractivity contribution in [2.24, 2.45) is 5.73 Å². The molecule has 1 heterocycles. The van der Waals surface area contributed by atoms with Crippen LogP contribution >= 0.6 is 34.5 Å². The zero-order valence-corrected chi connectivity index (χ0v) is 16.6. The standard InChI is InChI=1S/C15H8Cl2F6N2O4S/c1-29-12(27)8-9(30-11(25-8)10(24)26)4-2-3-5(7(17)6(4)16)13(28,14(18,19)20)15(21,22)23/h2-3,28H,1H3,(H2,24,26). The maximum Gasteiger partial charge on any atom is 0.430 e. The summed E-state index contributed by atoms with van der Waals surface area (Å²) in [6.07, 6.45) is -12.4. The van der Waals surface area contributed by atoms with Crippen molar-refractivity contribution < 1.29 is 45.8 Å². The van der Waals surface area contributed by atoms with Crippen LogP contribution in [0, 0.1) is 0 Å². The van der Waals surface area contributed by atoms with E-state index >= 15 is 0 Å². The number of thiazole rings is 1. The predicted molar refractivity (Wildman–Crippen MR) is 93.4 cm³/mol. The first kappa shape index (κ1) is 24.2. The second-order valence-corrected chi connectivity index (χ2v) is 7.30. The monoisotopic (exact) mass is 496 g/mol. The van der Waals surface area contributed by atoms with Gasteiger partial charge in [-0.1, -0.05) is 35.3 Å². The van der Waals surface area contributed by atoms with Crippen LogP contribution in [0.15, 0.2) is 12.1 Å². The van der Waals surface area contributed by atoms with E-state index in [0.29, 0.717) is 17.4 Å². The lowest BCUT2D eigenvalue weighted by molar-refractivity contribution is -0.376. The molecule has 164 valence electrons. The Morgan fingerprint density at radius 3 is 2.07 bits per heavy atom. The molecular weight excluding hydrogens is 489 g/mol. The average molecular weight is 497 g/mol. The van der Waals surface area contributed by atoms with E-state index in [4.69, 9.17) is 28.9 Å². The molecule has 1 aromatic heterocycles. The smallest absolute Gasteiger partial charge is 0.430 e. The van der Waals surface area contributed by atoms with Gasteiger partial charge in [-0.2, -0.15) is 26.3 Å². The van der Waals surface area contributed by atoms with Gasteiger partial charge < -0.3 is 15.6 Å². The van der Waals surface area contributed by atoms with E-state index in [1.165, 1.54) is 0 Å². The van der Waals surface area contributed by atoms with E-state index in [0.717, 1.165) is 7.11 Å². The van der Waals surface area contributed by atoms with Gasteiger partial charge in [0, 0.05) is 11.1 Å². The van der Waals surface area contributed by atoms with Gasteiger partial charge in [-0.3, -0.25) is 4.79 Å². The van der Waals surface area contributed by atoms with Crippen molar-refractivity contribution in [2.45, 2.75) is 18.0 Å². The van der Waals surface area contributed by atoms with Gasteiger partial charge in [0.2, 0.25) is 0 Å². The molecule has 0 fully saturated rings.